The molecule has 0 radical (unpaired) electrons. The monoisotopic (exact) mass is 370 g/mol. The fraction of sp³-hybridized carbons (Fsp3) is 0.368. The average molecular weight is 370 g/mol. The highest BCUT2D eigenvalue weighted by molar-refractivity contribution is 5.95. The normalized spacial score (nSPS) is 15.3. The van der Waals surface area contributed by atoms with Crippen LogP contribution in [-0.2, 0) is 9.53 Å². The number of para-hydroxylation sites is 1. The van der Waals surface area contributed by atoms with Gasteiger partial charge in [-0.15, -0.1) is 0 Å². The van der Waals surface area contributed by atoms with Crippen LogP contribution >= 0.6 is 0 Å². The van der Waals surface area contributed by atoms with E-state index in [2.05, 4.69) is 10.4 Å². The quantitative estimate of drug-likeness (QED) is 0.847. The molecule has 8 heteroatoms. The standard InChI is InChI=1S/C19H22N4O4/c1-13-12-16(24)17(21-23(13)15-6-4-3-5-7-15)18(25)20-14(2)19(26)22-8-10-27-11-9-22/h3-7,12,14H,8-11H2,1-2H3,(H,20,25)/t14-/m1/s1. The maximum Gasteiger partial charge on any atom is 0.276 e. The van der Waals surface area contributed by atoms with E-state index in [1.807, 2.05) is 30.3 Å². The number of rotatable bonds is 4. The molecule has 3 rings (SSSR count). The number of aromatic nitrogens is 2. The summed E-state index contributed by atoms with van der Waals surface area (Å²) in [5.74, 6) is -0.874. The molecule has 1 saturated heterocycles. The molecule has 0 saturated carbocycles. The Bertz CT molecular complexity index is 888. The predicted octanol–water partition coefficient (Wildman–Crippen LogP) is 0.518. The minimum atomic E-state index is -0.761. The number of nitrogens with zero attached hydrogens (tertiary/aromatic N) is 3. The second-order valence-corrected chi connectivity index (χ2v) is 6.38. The Balaban J connectivity index is 1.80. The maximum atomic E-state index is 12.6. The second-order valence-electron chi connectivity index (χ2n) is 6.38. The minimum Gasteiger partial charge on any atom is -0.378 e. The summed E-state index contributed by atoms with van der Waals surface area (Å²) in [5, 5.41) is 6.80. The average Bonchev–Trinajstić information content (AvgIpc) is 2.68. The lowest BCUT2D eigenvalue weighted by Crippen LogP contribution is -2.51. The number of hydrogen-bond acceptors (Lipinski definition) is 5. The van der Waals surface area contributed by atoms with E-state index in [1.54, 1.807) is 18.7 Å². The molecule has 1 atom stereocenters. The summed E-state index contributed by atoms with van der Waals surface area (Å²) >= 11 is 0. The van der Waals surface area contributed by atoms with Crippen LogP contribution in [-0.4, -0.2) is 58.8 Å². The second kappa shape index (κ2) is 8.13. The van der Waals surface area contributed by atoms with Crippen molar-refractivity contribution >= 4 is 11.8 Å². The van der Waals surface area contributed by atoms with Crippen molar-refractivity contribution in [1.29, 1.82) is 0 Å². The molecular formula is C19H22N4O4. The lowest BCUT2D eigenvalue weighted by atomic mass is 10.2. The van der Waals surface area contributed by atoms with Gasteiger partial charge in [0.25, 0.3) is 5.91 Å². The van der Waals surface area contributed by atoms with Crippen LogP contribution in [0.2, 0.25) is 0 Å². The molecule has 8 nitrogen and oxygen atoms in total. The van der Waals surface area contributed by atoms with E-state index in [-0.39, 0.29) is 11.6 Å². The van der Waals surface area contributed by atoms with Crippen LogP contribution in [0, 0.1) is 6.92 Å². The van der Waals surface area contributed by atoms with Gasteiger partial charge < -0.3 is 15.0 Å². The molecule has 1 fully saturated rings. The van der Waals surface area contributed by atoms with Gasteiger partial charge in [-0.25, -0.2) is 4.68 Å². The number of aryl methyl sites for hydroxylation is 1. The third kappa shape index (κ3) is 4.22. The summed E-state index contributed by atoms with van der Waals surface area (Å²) in [6.07, 6.45) is 0. The van der Waals surface area contributed by atoms with Crippen LogP contribution in [0.5, 0.6) is 0 Å². The van der Waals surface area contributed by atoms with E-state index in [9.17, 15) is 14.4 Å². The molecule has 2 amide bonds. The van der Waals surface area contributed by atoms with Crippen LogP contribution in [0.15, 0.2) is 41.2 Å². The Morgan fingerprint density at radius 2 is 1.85 bits per heavy atom. The number of morpholine rings is 1. The fourth-order valence-corrected chi connectivity index (χ4v) is 2.92. The van der Waals surface area contributed by atoms with Gasteiger partial charge in [0, 0.05) is 24.8 Å². The zero-order chi connectivity index (χ0) is 19.4. The molecule has 0 aliphatic carbocycles. The van der Waals surface area contributed by atoms with Gasteiger partial charge in [0.15, 0.2) is 5.69 Å². The number of ether oxygens (including phenoxy) is 1. The van der Waals surface area contributed by atoms with Crippen molar-refractivity contribution in [1.82, 2.24) is 20.0 Å². The Hall–Kier alpha value is -3.00. The molecule has 27 heavy (non-hydrogen) atoms. The minimum absolute atomic E-state index is 0.206. The first-order valence-electron chi connectivity index (χ1n) is 8.81. The first-order chi connectivity index (χ1) is 13.0. The summed E-state index contributed by atoms with van der Waals surface area (Å²) in [6, 6.07) is 9.82. The van der Waals surface area contributed by atoms with Crippen molar-refractivity contribution in [3.8, 4) is 5.69 Å². The number of carbonyl (C=O) groups excluding carboxylic acids is 2. The number of carbonyl (C=O) groups is 2. The van der Waals surface area contributed by atoms with Crippen molar-refractivity contribution in [2.24, 2.45) is 0 Å². The van der Waals surface area contributed by atoms with Gasteiger partial charge in [-0.05, 0) is 26.0 Å². The van der Waals surface area contributed by atoms with E-state index < -0.39 is 17.4 Å². The predicted molar refractivity (Wildman–Crippen MR) is 98.9 cm³/mol. The van der Waals surface area contributed by atoms with E-state index in [0.29, 0.717) is 32.0 Å². The van der Waals surface area contributed by atoms with Gasteiger partial charge in [0.1, 0.15) is 6.04 Å². The van der Waals surface area contributed by atoms with Gasteiger partial charge in [-0.3, -0.25) is 14.4 Å². The molecule has 2 heterocycles. The molecular weight excluding hydrogens is 348 g/mol. The van der Waals surface area contributed by atoms with Gasteiger partial charge >= 0.3 is 0 Å². The van der Waals surface area contributed by atoms with E-state index in [0.717, 1.165) is 5.69 Å². The molecule has 0 unspecified atom stereocenters. The first-order valence-corrected chi connectivity index (χ1v) is 8.81. The summed E-state index contributed by atoms with van der Waals surface area (Å²) < 4.78 is 6.76. The van der Waals surface area contributed by atoms with Crippen molar-refractivity contribution < 1.29 is 14.3 Å². The SMILES string of the molecule is Cc1cc(=O)c(C(=O)N[C@H](C)C(=O)N2CCOCC2)nn1-c1ccccc1. The molecule has 0 spiro atoms. The zero-order valence-electron chi connectivity index (χ0n) is 15.3. The zero-order valence-corrected chi connectivity index (χ0v) is 15.3. The number of hydrogen-bond donors (Lipinski definition) is 1. The lowest BCUT2D eigenvalue weighted by molar-refractivity contribution is -0.136. The molecule has 1 aromatic carbocycles. The molecule has 1 aliphatic rings. The van der Waals surface area contributed by atoms with Crippen molar-refractivity contribution in [2.75, 3.05) is 26.3 Å². The third-order valence-corrected chi connectivity index (χ3v) is 4.36. The van der Waals surface area contributed by atoms with Gasteiger partial charge in [0.05, 0.1) is 18.9 Å². The van der Waals surface area contributed by atoms with Gasteiger partial charge in [0.2, 0.25) is 11.3 Å². The Kier molecular flexibility index (Phi) is 5.66. The molecule has 142 valence electrons. The Morgan fingerprint density at radius 3 is 2.52 bits per heavy atom. The van der Waals surface area contributed by atoms with Crippen molar-refractivity contribution in [3.05, 3.63) is 58.0 Å². The summed E-state index contributed by atoms with van der Waals surface area (Å²) in [4.78, 5) is 38.9. The van der Waals surface area contributed by atoms with E-state index >= 15 is 0 Å². The highest BCUT2D eigenvalue weighted by Gasteiger charge is 2.25. The fourth-order valence-electron chi connectivity index (χ4n) is 2.92. The first kappa shape index (κ1) is 18.8. The Labute approximate surface area is 156 Å². The summed E-state index contributed by atoms with van der Waals surface area (Å²) in [5.41, 5.74) is 0.621. The molecule has 1 aliphatic heterocycles. The van der Waals surface area contributed by atoms with Crippen molar-refractivity contribution in [2.45, 2.75) is 19.9 Å². The largest absolute Gasteiger partial charge is 0.378 e. The smallest absolute Gasteiger partial charge is 0.276 e. The van der Waals surface area contributed by atoms with Crippen LogP contribution in [0.1, 0.15) is 23.1 Å². The van der Waals surface area contributed by atoms with Gasteiger partial charge in [-0.1, -0.05) is 18.2 Å². The van der Waals surface area contributed by atoms with Crippen LogP contribution in [0.3, 0.4) is 0 Å². The molecule has 1 N–H and O–H groups in total. The van der Waals surface area contributed by atoms with Crippen LogP contribution < -0.4 is 10.7 Å². The number of amides is 2. The van der Waals surface area contributed by atoms with Crippen molar-refractivity contribution in [3.63, 3.8) is 0 Å². The highest BCUT2D eigenvalue weighted by atomic mass is 16.5. The summed E-state index contributed by atoms with van der Waals surface area (Å²) in [7, 11) is 0. The molecule has 2 aromatic rings. The van der Waals surface area contributed by atoms with Crippen LogP contribution in [0.4, 0.5) is 0 Å². The summed E-state index contributed by atoms with van der Waals surface area (Å²) in [6.45, 7) is 5.28. The third-order valence-electron chi connectivity index (χ3n) is 4.36. The molecule has 0 bridgehead atoms. The van der Waals surface area contributed by atoms with E-state index in [1.165, 1.54) is 10.7 Å². The topological polar surface area (TPSA) is 93.5 Å². The highest BCUT2D eigenvalue weighted by Crippen LogP contribution is 2.08. The Morgan fingerprint density at radius 1 is 1.19 bits per heavy atom. The van der Waals surface area contributed by atoms with E-state index in [4.69, 9.17) is 4.74 Å². The maximum absolute atomic E-state index is 12.6. The molecule has 1 aromatic heterocycles. The number of benzene rings is 1. The van der Waals surface area contributed by atoms with Gasteiger partial charge in [-0.2, -0.15) is 5.10 Å². The number of nitrogens with one attached hydrogen (secondary N) is 1. The van der Waals surface area contributed by atoms with Crippen LogP contribution in [0.25, 0.3) is 5.69 Å². The lowest BCUT2D eigenvalue weighted by Gasteiger charge is -2.29.